The van der Waals surface area contributed by atoms with Crippen LogP contribution < -0.4 is 21.7 Å². The number of unbranched alkanes of at least 4 members (excludes halogenated alkanes) is 5. The molecule has 0 aliphatic carbocycles. The van der Waals surface area contributed by atoms with Crippen LogP contribution in [0.1, 0.15) is 124 Å². The van der Waals surface area contributed by atoms with Crippen molar-refractivity contribution < 1.29 is 33.9 Å². The van der Waals surface area contributed by atoms with Gasteiger partial charge in [0.25, 0.3) is 0 Å². The van der Waals surface area contributed by atoms with Gasteiger partial charge in [-0.05, 0) is 64.8 Å². The van der Waals surface area contributed by atoms with Gasteiger partial charge in [-0.2, -0.15) is 0 Å². The van der Waals surface area contributed by atoms with Crippen molar-refractivity contribution >= 4 is 35.1 Å². The van der Waals surface area contributed by atoms with Crippen LogP contribution in [-0.4, -0.2) is 71.5 Å². The van der Waals surface area contributed by atoms with Gasteiger partial charge in [0, 0.05) is 32.7 Å². The zero-order valence-corrected chi connectivity index (χ0v) is 25.4. The Bertz CT molecular complexity index is 819. The molecule has 0 aromatic carbocycles. The number of carboxylic acids is 1. The summed E-state index contributed by atoms with van der Waals surface area (Å²) in [5, 5.41) is 17.5. The van der Waals surface area contributed by atoms with E-state index in [0.717, 1.165) is 45.1 Å². The number of nitrogens with two attached hydrogens (primary N) is 1. The third-order valence-electron chi connectivity index (χ3n) is 6.98. The molecule has 0 heterocycles. The summed E-state index contributed by atoms with van der Waals surface area (Å²) >= 11 is 0. The van der Waals surface area contributed by atoms with Gasteiger partial charge in [-0.3, -0.25) is 28.8 Å². The molecule has 6 N–H and O–H groups in total. The van der Waals surface area contributed by atoms with E-state index in [-0.39, 0.29) is 42.1 Å². The van der Waals surface area contributed by atoms with Crippen LogP contribution in [0.3, 0.4) is 0 Å². The Hall–Kier alpha value is -2.66. The zero-order chi connectivity index (χ0) is 31.0. The number of nitrogens with one attached hydrogen (secondary N) is 3. The molecule has 0 rings (SSSR count). The average molecular weight is 583 g/mol. The van der Waals surface area contributed by atoms with E-state index < -0.39 is 24.0 Å². The van der Waals surface area contributed by atoms with Crippen LogP contribution in [0.15, 0.2) is 0 Å². The number of carbonyl (C=O) groups excluding carboxylic acids is 5. The van der Waals surface area contributed by atoms with Crippen molar-refractivity contribution in [3.05, 3.63) is 0 Å². The highest BCUT2D eigenvalue weighted by Crippen LogP contribution is 2.13. The van der Waals surface area contributed by atoms with Crippen molar-refractivity contribution in [3.8, 4) is 0 Å². The lowest BCUT2D eigenvalue weighted by Gasteiger charge is -2.18. The summed E-state index contributed by atoms with van der Waals surface area (Å²) in [6, 6.07) is -1.37. The number of rotatable bonds is 27. The molecule has 0 aromatic rings. The Balaban J connectivity index is 4.54. The minimum Gasteiger partial charge on any atom is -0.481 e. The van der Waals surface area contributed by atoms with E-state index in [9.17, 15) is 28.8 Å². The number of hydrogen-bond donors (Lipinski definition) is 5. The van der Waals surface area contributed by atoms with Crippen LogP contribution in [0.2, 0.25) is 0 Å². The Morgan fingerprint density at radius 3 is 1.83 bits per heavy atom. The number of carbonyl (C=O) groups is 6. The van der Waals surface area contributed by atoms with E-state index >= 15 is 0 Å². The number of carboxylic acid groups (broad SMARTS) is 1. The first-order valence-electron chi connectivity index (χ1n) is 15.3. The van der Waals surface area contributed by atoms with Crippen molar-refractivity contribution in [1.29, 1.82) is 0 Å². The molecule has 0 bridgehead atoms. The Kier molecular flexibility index (Phi) is 22.4. The molecule has 2 amide bonds. The summed E-state index contributed by atoms with van der Waals surface area (Å²) in [7, 11) is 0. The zero-order valence-electron chi connectivity index (χ0n) is 25.4. The average Bonchev–Trinajstić information content (AvgIpc) is 2.91. The second kappa shape index (κ2) is 24.0. The molecule has 0 aliphatic heterocycles. The second-order valence-electron chi connectivity index (χ2n) is 10.8. The minimum atomic E-state index is -1.07. The smallest absolute Gasteiger partial charge is 0.303 e. The van der Waals surface area contributed by atoms with Crippen LogP contribution in [0, 0.1) is 0 Å². The molecule has 11 nitrogen and oxygen atoms in total. The molecule has 41 heavy (non-hydrogen) atoms. The Morgan fingerprint density at radius 2 is 1.27 bits per heavy atom. The normalized spacial score (nSPS) is 13.2. The number of Topliss-reactive ketones (excluding diaryl/α,β-unsaturated/α-hetero) is 3. The van der Waals surface area contributed by atoms with Crippen LogP contribution in [0.5, 0.6) is 0 Å². The lowest BCUT2D eigenvalue weighted by atomic mass is 9.97. The first-order chi connectivity index (χ1) is 19.5. The first-order valence-corrected chi connectivity index (χ1v) is 15.3. The van der Waals surface area contributed by atoms with Gasteiger partial charge in [0.2, 0.25) is 11.8 Å². The third-order valence-corrected chi connectivity index (χ3v) is 6.98. The minimum absolute atomic E-state index is 0.00367. The van der Waals surface area contributed by atoms with Crippen LogP contribution >= 0.6 is 0 Å². The van der Waals surface area contributed by atoms with Gasteiger partial charge in [-0.15, -0.1) is 0 Å². The highest BCUT2D eigenvalue weighted by Gasteiger charge is 2.21. The van der Waals surface area contributed by atoms with Crippen molar-refractivity contribution in [2.24, 2.45) is 5.73 Å². The molecule has 3 atom stereocenters. The molecule has 0 aromatic heterocycles. The SMILES string of the molecule is CCCNC(CCCCCC(=O)C(CCCCCC(=O)C(N)CCCCNC(C)=O)NC(=O)CCC(=O)O)C(C)=O. The third kappa shape index (κ3) is 21.7. The van der Waals surface area contributed by atoms with Gasteiger partial charge < -0.3 is 26.8 Å². The monoisotopic (exact) mass is 582 g/mol. The maximum atomic E-state index is 12.9. The van der Waals surface area contributed by atoms with Gasteiger partial charge in [0.15, 0.2) is 5.78 Å². The van der Waals surface area contributed by atoms with Gasteiger partial charge in [-0.1, -0.05) is 32.6 Å². The Labute approximate surface area is 245 Å². The lowest BCUT2D eigenvalue weighted by Crippen LogP contribution is -2.41. The molecule has 0 spiro atoms. The van der Waals surface area contributed by atoms with Crippen LogP contribution in [0.25, 0.3) is 0 Å². The number of hydrogen-bond acceptors (Lipinski definition) is 8. The van der Waals surface area contributed by atoms with Crippen LogP contribution in [0.4, 0.5) is 0 Å². The molecular weight excluding hydrogens is 528 g/mol. The first kappa shape index (κ1) is 38.3. The fourth-order valence-electron chi connectivity index (χ4n) is 4.49. The quantitative estimate of drug-likeness (QED) is 0.0908. The maximum absolute atomic E-state index is 12.9. The second-order valence-corrected chi connectivity index (χ2v) is 10.8. The van der Waals surface area contributed by atoms with Gasteiger partial charge in [0.05, 0.1) is 24.5 Å². The molecule has 0 saturated carbocycles. The molecule has 11 heteroatoms. The highest BCUT2D eigenvalue weighted by atomic mass is 16.4. The summed E-state index contributed by atoms with van der Waals surface area (Å²) in [5.41, 5.74) is 6.00. The number of ketones is 3. The molecule has 0 saturated heterocycles. The summed E-state index contributed by atoms with van der Waals surface area (Å²) < 4.78 is 0. The molecule has 236 valence electrons. The van der Waals surface area contributed by atoms with Crippen molar-refractivity contribution in [2.75, 3.05) is 13.1 Å². The summed E-state index contributed by atoms with van der Waals surface area (Å²) in [6.07, 6.45) is 8.58. The molecule has 0 fully saturated rings. The number of amides is 2. The van der Waals surface area contributed by atoms with Gasteiger partial charge in [0.1, 0.15) is 11.6 Å². The summed E-state index contributed by atoms with van der Waals surface area (Å²) in [6.45, 7) is 6.44. The van der Waals surface area contributed by atoms with E-state index in [1.807, 2.05) is 6.92 Å². The largest absolute Gasteiger partial charge is 0.481 e. The van der Waals surface area contributed by atoms with E-state index in [4.69, 9.17) is 10.8 Å². The van der Waals surface area contributed by atoms with Gasteiger partial charge >= 0.3 is 5.97 Å². The predicted molar refractivity (Wildman–Crippen MR) is 158 cm³/mol. The summed E-state index contributed by atoms with van der Waals surface area (Å²) in [4.78, 5) is 70.9. The predicted octanol–water partition coefficient (Wildman–Crippen LogP) is 2.97. The maximum Gasteiger partial charge on any atom is 0.303 e. The lowest BCUT2D eigenvalue weighted by molar-refractivity contribution is -0.139. The molecular formula is C30H54N4O7. The van der Waals surface area contributed by atoms with E-state index in [2.05, 4.69) is 16.0 Å². The molecule has 3 unspecified atom stereocenters. The van der Waals surface area contributed by atoms with E-state index in [0.29, 0.717) is 57.9 Å². The standard InChI is InChI=1S/C30H54N4O7/c1-4-20-33-25(22(2)35)14-7-5-10-17-28(38)26(34-29(39)18-19-30(40)41)15-8-6-9-16-27(37)24(31)13-11-12-21-32-23(3)36/h24-26,33H,4-21,31H2,1-3H3,(H,32,36)(H,34,39)(H,40,41). The topological polar surface area (TPSA) is 185 Å². The van der Waals surface area contributed by atoms with E-state index in [1.54, 1.807) is 6.92 Å². The van der Waals surface area contributed by atoms with Crippen molar-refractivity contribution in [1.82, 2.24) is 16.0 Å². The fraction of sp³-hybridized carbons (Fsp3) is 0.800. The van der Waals surface area contributed by atoms with Crippen LogP contribution in [-0.2, 0) is 28.8 Å². The van der Waals surface area contributed by atoms with Crippen molar-refractivity contribution in [3.63, 3.8) is 0 Å². The van der Waals surface area contributed by atoms with Crippen molar-refractivity contribution in [2.45, 2.75) is 142 Å². The summed E-state index contributed by atoms with van der Waals surface area (Å²) in [5.74, 6) is -1.59. The highest BCUT2D eigenvalue weighted by molar-refractivity contribution is 5.89. The molecule has 0 radical (unpaired) electrons. The van der Waals surface area contributed by atoms with Gasteiger partial charge in [-0.25, -0.2) is 0 Å². The fourth-order valence-corrected chi connectivity index (χ4v) is 4.49. The molecule has 0 aliphatic rings. The Morgan fingerprint density at radius 1 is 0.683 bits per heavy atom. The number of aliphatic carboxylic acids is 1. The van der Waals surface area contributed by atoms with E-state index in [1.165, 1.54) is 6.92 Å².